The minimum Gasteiger partial charge on any atom is -0.481 e. The lowest BCUT2D eigenvalue weighted by Gasteiger charge is -2.20. The Morgan fingerprint density at radius 1 is 1.12 bits per heavy atom. The largest absolute Gasteiger partial charge is 0.481 e. The Kier molecular flexibility index (Phi) is 4.64. The van der Waals surface area contributed by atoms with E-state index in [0.717, 1.165) is 6.20 Å². The summed E-state index contributed by atoms with van der Waals surface area (Å²) in [6.45, 7) is 0.997. The molecular weight excluding hydrogens is 446 g/mol. The van der Waals surface area contributed by atoms with Crippen LogP contribution in [0.3, 0.4) is 0 Å². The highest BCUT2D eigenvalue weighted by molar-refractivity contribution is 5.75. The highest BCUT2D eigenvalue weighted by atomic mass is 19.1. The summed E-state index contributed by atoms with van der Waals surface area (Å²) in [5, 5.41) is 17.7. The van der Waals surface area contributed by atoms with Gasteiger partial charge in [0, 0.05) is 24.7 Å². The smallest absolute Gasteiger partial charge is 0.307 e. The number of benzene rings is 1. The lowest BCUT2D eigenvalue weighted by molar-refractivity contribution is -0.139. The van der Waals surface area contributed by atoms with Gasteiger partial charge in [-0.25, -0.2) is 18.7 Å². The molecule has 3 atom stereocenters. The van der Waals surface area contributed by atoms with Crippen LogP contribution in [-0.4, -0.2) is 49.1 Å². The third kappa shape index (κ3) is 3.40. The van der Waals surface area contributed by atoms with Gasteiger partial charge in [-0.05, 0) is 24.0 Å². The SMILES string of the molecule is O=C(O)[C@H]1[C@@H]2CN(c3nc(-c4cc(-c5ccon5)n(Cc5ccccc5F)n4)ncc3F)C[C@@H]21. The Bertz CT molecular complexity index is 1380. The first-order chi connectivity index (χ1) is 16.5. The van der Waals surface area contributed by atoms with Gasteiger partial charge in [0.1, 0.15) is 23.5 Å². The van der Waals surface area contributed by atoms with E-state index in [4.69, 9.17) is 4.52 Å². The second kappa shape index (κ2) is 7.72. The van der Waals surface area contributed by atoms with Crippen LogP contribution in [-0.2, 0) is 11.3 Å². The molecule has 1 aliphatic heterocycles. The fourth-order valence-corrected chi connectivity index (χ4v) is 4.75. The number of carbonyl (C=O) groups is 1. The number of aliphatic carboxylic acids is 1. The highest BCUT2D eigenvalue weighted by Gasteiger charge is 2.60. The summed E-state index contributed by atoms with van der Waals surface area (Å²) in [6.07, 6.45) is 2.51. The average Bonchev–Trinajstić information content (AvgIpc) is 3.28. The van der Waals surface area contributed by atoms with Crippen molar-refractivity contribution in [2.24, 2.45) is 17.8 Å². The molecule has 11 heteroatoms. The van der Waals surface area contributed by atoms with Crippen molar-refractivity contribution in [3.8, 4) is 22.9 Å². The summed E-state index contributed by atoms with van der Waals surface area (Å²) >= 11 is 0. The number of fused-ring (bicyclic) bond motifs is 1. The molecule has 4 aromatic rings. The molecule has 6 rings (SSSR count). The van der Waals surface area contributed by atoms with Gasteiger partial charge in [-0.3, -0.25) is 9.48 Å². The summed E-state index contributed by atoms with van der Waals surface area (Å²) in [5.74, 6) is -1.78. The molecule has 0 radical (unpaired) electrons. The van der Waals surface area contributed by atoms with Gasteiger partial charge in [0.2, 0.25) is 0 Å². The minimum atomic E-state index is -0.806. The molecule has 0 unspecified atom stereocenters. The number of hydrogen-bond acceptors (Lipinski definition) is 7. The molecule has 0 spiro atoms. The topological polar surface area (TPSA) is 110 Å². The Labute approximate surface area is 191 Å². The van der Waals surface area contributed by atoms with Gasteiger partial charge in [0.05, 0.1) is 24.4 Å². The molecule has 1 aromatic carbocycles. The van der Waals surface area contributed by atoms with Crippen LogP contribution in [0.15, 0.2) is 53.4 Å². The van der Waals surface area contributed by atoms with Crippen molar-refractivity contribution in [2.45, 2.75) is 6.54 Å². The van der Waals surface area contributed by atoms with Crippen LogP contribution in [0.4, 0.5) is 14.6 Å². The van der Waals surface area contributed by atoms with Crippen LogP contribution in [0.1, 0.15) is 5.56 Å². The molecule has 0 amide bonds. The zero-order valence-electron chi connectivity index (χ0n) is 17.7. The maximum absolute atomic E-state index is 14.6. The molecule has 4 heterocycles. The zero-order valence-corrected chi connectivity index (χ0v) is 17.7. The van der Waals surface area contributed by atoms with Gasteiger partial charge in [0.15, 0.2) is 17.5 Å². The van der Waals surface area contributed by atoms with Crippen molar-refractivity contribution >= 4 is 11.8 Å². The monoisotopic (exact) mass is 464 g/mol. The van der Waals surface area contributed by atoms with E-state index in [2.05, 4.69) is 20.2 Å². The van der Waals surface area contributed by atoms with Gasteiger partial charge in [-0.15, -0.1) is 0 Å². The van der Waals surface area contributed by atoms with E-state index in [1.54, 1.807) is 39.9 Å². The maximum atomic E-state index is 14.6. The first kappa shape index (κ1) is 20.5. The maximum Gasteiger partial charge on any atom is 0.307 e. The van der Waals surface area contributed by atoms with Crippen molar-refractivity contribution in [1.29, 1.82) is 0 Å². The number of nitrogens with zero attached hydrogens (tertiary/aromatic N) is 6. The van der Waals surface area contributed by atoms with Crippen molar-refractivity contribution in [3.05, 3.63) is 66.1 Å². The van der Waals surface area contributed by atoms with Crippen LogP contribution >= 0.6 is 0 Å². The Morgan fingerprint density at radius 3 is 2.62 bits per heavy atom. The minimum absolute atomic E-state index is 0.00839. The third-order valence-electron chi connectivity index (χ3n) is 6.49. The third-order valence-corrected chi connectivity index (χ3v) is 6.49. The second-order valence-corrected chi connectivity index (χ2v) is 8.51. The Balaban J connectivity index is 1.34. The molecule has 34 heavy (non-hydrogen) atoms. The van der Waals surface area contributed by atoms with E-state index in [0.29, 0.717) is 35.7 Å². The van der Waals surface area contributed by atoms with E-state index < -0.39 is 11.8 Å². The van der Waals surface area contributed by atoms with Gasteiger partial charge < -0.3 is 14.5 Å². The van der Waals surface area contributed by atoms with Gasteiger partial charge >= 0.3 is 5.97 Å². The first-order valence-corrected chi connectivity index (χ1v) is 10.7. The predicted octanol–water partition coefficient (Wildman–Crippen LogP) is 3.09. The molecule has 2 aliphatic rings. The molecule has 1 saturated carbocycles. The summed E-state index contributed by atoms with van der Waals surface area (Å²) in [7, 11) is 0. The normalized spacial score (nSPS) is 21.0. The van der Waals surface area contributed by atoms with E-state index >= 15 is 0 Å². The molecule has 1 aliphatic carbocycles. The number of anilines is 1. The Morgan fingerprint density at radius 2 is 1.91 bits per heavy atom. The van der Waals surface area contributed by atoms with Gasteiger partial charge in [-0.1, -0.05) is 23.4 Å². The van der Waals surface area contributed by atoms with Crippen molar-refractivity contribution in [3.63, 3.8) is 0 Å². The molecule has 1 N–H and O–H groups in total. The Hall–Kier alpha value is -4.15. The molecule has 1 saturated heterocycles. The fraction of sp³-hybridized carbons (Fsp3) is 0.261. The highest BCUT2D eigenvalue weighted by Crippen LogP contribution is 2.52. The summed E-state index contributed by atoms with van der Waals surface area (Å²) in [6, 6.07) is 9.74. The molecule has 2 fully saturated rings. The standard InChI is InChI=1S/C23H18F2N6O3/c24-15-4-2-1-3-12(15)9-31-19(17-5-6-34-29-17)7-18(28-31)21-26-8-16(25)22(27-21)30-10-13-14(11-30)20(13)23(32)33/h1-8,13-14,20H,9-11H2,(H,32,33)/t13-,14+,20+. The van der Waals surface area contributed by atoms with Crippen LogP contribution in [0, 0.1) is 29.4 Å². The fourth-order valence-electron chi connectivity index (χ4n) is 4.75. The lowest BCUT2D eigenvalue weighted by atomic mass is 10.2. The average molecular weight is 464 g/mol. The number of carboxylic acids is 1. The van der Waals surface area contributed by atoms with Crippen LogP contribution in [0.5, 0.6) is 0 Å². The summed E-state index contributed by atoms with van der Waals surface area (Å²) in [4.78, 5) is 21.5. The molecule has 172 valence electrons. The van der Waals surface area contributed by atoms with Gasteiger partial charge in [0.25, 0.3) is 0 Å². The van der Waals surface area contributed by atoms with E-state index in [-0.39, 0.29) is 41.8 Å². The molecule has 3 aromatic heterocycles. The molecular formula is C23H18F2N6O3. The molecule has 9 nitrogen and oxygen atoms in total. The summed E-state index contributed by atoms with van der Waals surface area (Å²) < 4.78 is 35.4. The quantitative estimate of drug-likeness (QED) is 0.464. The van der Waals surface area contributed by atoms with E-state index in [1.807, 2.05) is 0 Å². The van der Waals surface area contributed by atoms with Crippen LogP contribution in [0.2, 0.25) is 0 Å². The van der Waals surface area contributed by atoms with Crippen molar-refractivity contribution in [2.75, 3.05) is 18.0 Å². The van der Waals surface area contributed by atoms with Gasteiger partial charge in [-0.2, -0.15) is 5.10 Å². The number of halogens is 2. The summed E-state index contributed by atoms with van der Waals surface area (Å²) in [5.41, 5.74) is 1.86. The number of aromatic nitrogens is 5. The van der Waals surface area contributed by atoms with Crippen molar-refractivity contribution in [1.82, 2.24) is 24.9 Å². The first-order valence-electron chi connectivity index (χ1n) is 10.7. The number of carboxylic acid groups (broad SMARTS) is 1. The number of rotatable bonds is 6. The second-order valence-electron chi connectivity index (χ2n) is 8.51. The molecule has 0 bridgehead atoms. The predicted molar refractivity (Wildman–Crippen MR) is 115 cm³/mol. The number of hydrogen-bond donors (Lipinski definition) is 1. The van der Waals surface area contributed by atoms with E-state index in [9.17, 15) is 18.7 Å². The van der Waals surface area contributed by atoms with Crippen LogP contribution < -0.4 is 4.90 Å². The zero-order chi connectivity index (χ0) is 23.4. The van der Waals surface area contributed by atoms with Crippen LogP contribution in [0.25, 0.3) is 22.9 Å². The van der Waals surface area contributed by atoms with Crippen molar-refractivity contribution < 1.29 is 23.2 Å². The number of piperidine rings is 1. The van der Waals surface area contributed by atoms with E-state index in [1.165, 1.54) is 12.3 Å². The lowest BCUT2D eigenvalue weighted by Crippen LogP contribution is -2.27.